The van der Waals surface area contributed by atoms with Crippen LogP contribution in [0.15, 0.2) is 18.2 Å². The first-order valence-corrected chi connectivity index (χ1v) is 6.43. The van der Waals surface area contributed by atoms with E-state index in [1.54, 1.807) is 13.0 Å². The predicted octanol–water partition coefficient (Wildman–Crippen LogP) is 2.32. The van der Waals surface area contributed by atoms with Gasteiger partial charge in [-0.2, -0.15) is 0 Å². The zero-order valence-corrected chi connectivity index (χ0v) is 11.4. The SMILES string of the molecule is Cc1cc(NC(=O)N2CC(C)C(C(=O)O)C2)ccc1F. The van der Waals surface area contributed by atoms with Crippen molar-refractivity contribution in [2.24, 2.45) is 11.8 Å². The molecular formula is C14H17FN2O3. The van der Waals surface area contributed by atoms with Crippen LogP contribution < -0.4 is 5.32 Å². The number of nitrogens with zero attached hydrogens (tertiary/aromatic N) is 1. The lowest BCUT2D eigenvalue weighted by Crippen LogP contribution is -2.33. The highest BCUT2D eigenvalue weighted by Crippen LogP contribution is 2.24. The zero-order chi connectivity index (χ0) is 14.9. The maximum absolute atomic E-state index is 13.1. The highest BCUT2D eigenvalue weighted by Gasteiger charge is 2.36. The normalized spacial score (nSPS) is 21.9. The fourth-order valence-corrected chi connectivity index (χ4v) is 2.38. The van der Waals surface area contributed by atoms with E-state index in [-0.39, 0.29) is 24.3 Å². The van der Waals surface area contributed by atoms with E-state index in [0.29, 0.717) is 17.8 Å². The summed E-state index contributed by atoms with van der Waals surface area (Å²) in [4.78, 5) is 24.5. The number of nitrogens with one attached hydrogen (secondary N) is 1. The Kier molecular flexibility index (Phi) is 3.92. The Bertz CT molecular complexity index is 547. The van der Waals surface area contributed by atoms with Crippen LogP contribution in [-0.4, -0.2) is 35.1 Å². The van der Waals surface area contributed by atoms with Crippen molar-refractivity contribution in [3.63, 3.8) is 0 Å². The minimum atomic E-state index is -0.884. The molecule has 0 aliphatic carbocycles. The number of likely N-dealkylation sites (tertiary alicyclic amines) is 1. The number of halogens is 1. The smallest absolute Gasteiger partial charge is 0.321 e. The van der Waals surface area contributed by atoms with Crippen molar-refractivity contribution in [3.8, 4) is 0 Å². The number of carbonyl (C=O) groups excluding carboxylic acids is 1. The molecule has 1 aromatic carbocycles. The predicted molar refractivity (Wildman–Crippen MR) is 72.0 cm³/mol. The van der Waals surface area contributed by atoms with E-state index in [4.69, 9.17) is 5.11 Å². The number of amides is 2. The molecule has 0 spiro atoms. The summed E-state index contributed by atoms with van der Waals surface area (Å²) in [6.45, 7) is 4.03. The van der Waals surface area contributed by atoms with Crippen molar-refractivity contribution >= 4 is 17.7 Å². The first-order valence-electron chi connectivity index (χ1n) is 6.43. The fourth-order valence-electron chi connectivity index (χ4n) is 2.38. The molecular weight excluding hydrogens is 263 g/mol. The summed E-state index contributed by atoms with van der Waals surface area (Å²) in [5.74, 6) is -1.82. The molecule has 6 heteroatoms. The number of anilines is 1. The average molecular weight is 280 g/mol. The molecule has 0 aromatic heterocycles. The molecule has 0 bridgehead atoms. The molecule has 2 rings (SSSR count). The number of carboxylic acid groups (broad SMARTS) is 1. The molecule has 0 radical (unpaired) electrons. The maximum Gasteiger partial charge on any atom is 0.321 e. The number of urea groups is 1. The zero-order valence-electron chi connectivity index (χ0n) is 11.4. The minimum Gasteiger partial charge on any atom is -0.481 e. The van der Waals surface area contributed by atoms with Gasteiger partial charge in [-0.05, 0) is 36.6 Å². The van der Waals surface area contributed by atoms with E-state index in [1.807, 2.05) is 6.92 Å². The van der Waals surface area contributed by atoms with Gasteiger partial charge in [0.15, 0.2) is 0 Å². The quantitative estimate of drug-likeness (QED) is 0.873. The van der Waals surface area contributed by atoms with E-state index in [9.17, 15) is 14.0 Å². The standard InChI is InChI=1S/C14H17FN2O3/c1-8-5-10(3-4-12(8)15)16-14(20)17-6-9(2)11(7-17)13(18)19/h3-5,9,11H,6-7H2,1-2H3,(H,16,20)(H,18,19). The number of carbonyl (C=O) groups is 2. The summed E-state index contributed by atoms with van der Waals surface area (Å²) in [7, 11) is 0. The second-order valence-corrected chi connectivity index (χ2v) is 5.22. The largest absolute Gasteiger partial charge is 0.481 e. The Hall–Kier alpha value is -2.11. The maximum atomic E-state index is 13.1. The lowest BCUT2D eigenvalue weighted by molar-refractivity contribution is -0.142. The first kappa shape index (κ1) is 14.3. The first-order chi connectivity index (χ1) is 9.38. The lowest BCUT2D eigenvalue weighted by Gasteiger charge is -2.17. The van der Waals surface area contributed by atoms with Crippen molar-refractivity contribution in [2.75, 3.05) is 18.4 Å². The number of benzene rings is 1. The molecule has 1 aliphatic heterocycles. The fraction of sp³-hybridized carbons (Fsp3) is 0.429. The van der Waals surface area contributed by atoms with Gasteiger partial charge in [-0.25, -0.2) is 9.18 Å². The molecule has 1 aliphatic rings. The minimum absolute atomic E-state index is 0.0757. The number of carboxylic acids is 1. The van der Waals surface area contributed by atoms with Crippen LogP contribution in [0.2, 0.25) is 0 Å². The molecule has 1 heterocycles. The highest BCUT2D eigenvalue weighted by molar-refractivity contribution is 5.90. The molecule has 0 saturated carbocycles. The van der Waals surface area contributed by atoms with Crippen molar-refractivity contribution in [2.45, 2.75) is 13.8 Å². The summed E-state index contributed by atoms with van der Waals surface area (Å²) in [5, 5.41) is 11.7. The van der Waals surface area contributed by atoms with Crippen LogP contribution in [0.4, 0.5) is 14.9 Å². The number of rotatable bonds is 2. The summed E-state index contributed by atoms with van der Waals surface area (Å²) in [6, 6.07) is 3.96. The highest BCUT2D eigenvalue weighted by atomic mass is 19.1. The summed E-state index contributed by atoms with van der Waals surface area (Å²) >= 11 is 0. The van der Waals surface area contributed by atoms with Crippen molar-refractivity contribution in [1.82, 2.24) is 4.90 Å². The van der Waals surface area contributed by atoms with Crippen LogP contribution in [0.25, 0.3) is 0 Å². The van der Waals surface area contributed by atoms with Crippen molar-refractivity contribution in [3.05, 3.63) is 29.6 Å². The van der Waals surface area contributed by atoms with E-state index in [0.717, 1.165) is 0 Å². The molecule has 20 heavy (non-hydrogen) atoms. The van der Waals surface area contributed by atoms with Gasteiger partial charge in [0, 0.05) is 18.8 Å². The molecule has 2 atom stereocenters. The number of aryl methyl sites for hydroxylation is 1. The Labute approximate surface area is 116 Å². The third-order valence-corrected chi connectivity index (χ3v) is 3.63. The molecule has 2 N–H and O–H groups in total. The monoisotopic (exact) mass is 280 g/mol. The van der Waals surface area contributed by atoms with Crippen molar-refractivity contribution in [1.29, 1.82) is 0 Å². The average Bonchev–Trinajstić information content (AvgIpc) is 2.76. The van der Waals surface area contributed by atoms with Gasteiger partial charge in [0.1, 0.15) is 5.82 Å². The van der Waals surface area contributed by atoms with Gasteiger partial charge < -0.3 is 15.3 Å². The van der Waals surface area contributed by atoms with Crippen LogP contribution in [-0.2, 0) is 4.79 Å². The van der Waals surface area contributed by atoms with Crippen LogP contribution in [0.3, 0.4) is 0 Å². The molecule has 2 amide bonds. The van der Waals surface area contributed by atoms with Crippen LogP contribution >= 0.6 is 0 Å². The second-order valence-electron chi connectivity index (χ2n) is 5.22. The van der Waals surface area contributed by atoms with E-state index < -0.39 is 11.9 Å². The number of hydrogen-bond acceptors (Lipinski definition) is 2. The van der Waals surface area contributed by atoms with E-state index in [2.05, 4.69) is 5.32 Å². The Morgan fingerprint density at radius 3 is 2.65 bits per heavy atom. The molecule has 2 unspecified atom stereocenters. The van der Waals surface area contributed by atoms with Gasteiger partial charge in [0.05, 0.1) is 5.92 Å². The molecule has 1 fully saturated rings. The van der Waals surface area contributed by atoms with Gasteiger partial charge in [-0.1, -0.05) is 6.92 Å². The molecule has 1 aromatic rings. The van der Waals surface area contributed by atoms with Gasteiger partial charge >= 0.3 is 12.0 Å². The van der Waals surface area contributed by atoms with E-state index >= 15 is 0 Å². The third kappa shape index (κ3) is 2.89. The Balaban J connectivity index is 2.02. The van der Waals surface area contributed by atoms with Gasteiger partial charge in [0.2, 0.25) is 0 Å². The second kappa shape index (κ2) is 5.48. The summed E-state index contributed by atoms with van der Waals surface area (Å²) < 4.78 is 13.1. The Morgan fingerprint density at radius 1 is 1.40 bits per heavy atom. The van der Waals surface area contributed by atoms with Crippen molar-refractivity contribution < 1.29 is 19.1 Å². The lowest BCUT2D eigenvalue weighted by atomic mass is 9.99. The Morgan fingerprint density at radius 2 is 2.10 bits per heavy atom. The third-order valence-electron chi connectivity index (χ3n) is 3.63. The van der Waals surface area contributed by atoms with Crippen LogP contribution in [0.5, 0.6) is 0 Å². The molecule has 5 nitrogen and oxygen atoms in total. The van der Waals surface area contributed by atoms with Crippen LogP contribution in [0.1, 0.15) is 12.5 Å². The topological polar surface area (TPSA) is 69.6 Å². The number of aliphatic carboxylic acids is 1. The van der Waals surface area contributed by atoms with Gasteiger partial charge in [-0.3, -0.25) is 4.79 Å². The van der Waals surface area contributed by atoms with Gasteiger partial charge in [-0.15, -0.1) is 0 Å². The van der Waals surface area contributed by atoms with Gasteiger partial charge in [0.25, 0.3) is 0 Å². The van der Waals surface area contributed by atoms with E-state index in [1.165, 1.54) is 17.0 Å². The number of hydrogen-bond donors (Lipinski definition) is 2. The van der Waals surface area contributed by atoms with Crippen LogP contribution in [0, 0.1) is 24.6 Å². The summed E-state index contributed by atoms with van der Waals surface area (Å²) in [5.41, 5.74) is 0.946. The molecule has 108 valence electrons. The summed E-state index contributed by atoms with van der Waals surface area (Å²) in [6.07, 6.45) is 0. The molecule has 1 saturated heterocycles.